The Labute approximate surface area is 204 Å². The lowest BCUT2D eigenvalue weighted by atomic mass is 9.96. The summed E-state index contributed by atoms with van der Waals surface area (Å²) < 4.78 is 0. The van der Waals surface area contributed by atoms with E-state index in [2.05, 4.69) is 10.3 Å². The zero-order valence-corrected chi connectivity index (χ0v) is 20.4. The molecule has 2 N–H and O–H groups in total. The van der Waals surface area contributed by atoms with Crippen LogP contribution < -0.4 is 10.2 Å². The minimum absolute atomic E-state index is 0.364. The number of pyridine rings is 1. The fraction of sp³-hybridized carbons (Fsp3) is 0.222. The van der Waals surface area contributed by atoms with Gasteiger partial charge in [-0.2, -0.15) is 11.8 Å². The number of carboxylic acid groups (broad SMARTS) is 1. The highest BCUT2D eigenvalue weighted by atomic mass is 32.2. The van der Waals surface area contributed by atoms with Crippen molar-refractivity contribution in [3.63, 3.8) is 0 Å². The quantitative estimate of drug-likeness (QED) is 0.433. The van der Waals surface area contributed by atoms with Crippen molar-refractivity contribution in [1.82, 2.24) is 10.3 Å². The molecule has 0 aliphatic rings. The standard InChI is InChI=1S/C27H29N3O3S/c1-30(2)25-13-15-28-18-21(25)11-9-19-10-12-22(23(17-19)20-7-5-4-6-8-20)26(31)29-24(27(32)33)14-16-34-3/h4-13,15,17-18,24H,14,16H2,1-3H3,(H,29,31)(H,32,33)/t24-/m0/s1. The molecule has 0 spiro atoms. The number of benzene rings is 2. The van der Waals surface area contributed by atoms with Crippen molar-refractivity contribution in [1.29, 1.82) is 0 Å². The van der Waals surface area contributed by atoms with Gasteiger partial charge in [-0.3, -0.25) is 9.78 Å². The summed E-state index contributed by atoms with van der Waals surface area (Å²) in [5, 5.41) is 12.2. The van der Waals surface area contributed by atoms with Gasteiger partial charge in [-0.1, -0.05) is 48.6 Å². The molecule has 0 unspecified atom stereocenters. The van der Waals surface area contributed by atoms with Crippen molar-refractivity contribution in [2.24, 2.45) is 0 Å². The molecule has 176 valence electrons. The number of carbonyl (C=O) groups is 2. The minimum atomic E-state index is -1.03. The maximum absolute atomic E-state index is 13.1. The number of thioether (sulfide) groups is 1. The number of aliphatic carboxylic acids is 1. The molecule has 0 fully saturated rings. The van der Waals surface area contributed by atoms with E-state index in [0.29, 0.717) is 17.7 Å². The van der Waals surface area contributed by atoms with E-state index in [-0.39, 0.29) is 0 Å². The third-order valence-corrected chi connectivity index (χ3v) is 6.00. The molecule has 0 radical (unpaired) electrons. The van der Waals surface area contributed by atoms with Crippen LogP contribution in [0.3, 0.4) is 0 Å². The monoisotopic (exact) mass is 475 g/mol. The molecular weight excluding hydrogens is 446 g/mol. The highest BCUT2D eigenvalue weighted by molar-refractivity contribution is 7.98. The topological polar surface area (TPSA) is 82.5 Å². The summed E-state index contributed by atoms with van der Waals surface area (Å²) in [5.74, 6) is -0.781. The first-order valence-electron chi connectivity index (χ1n) is 10.9. The van der Waals surface area contributed by atoms with Crippen molar-refractivity contribution in [2.75, 3.05) is 31.0 Å². The number of aromatic nitrogens is 1. The number of nitrogens with one attached hydrogen (secondary N) is 1. The summed E-state index contributed by atoms with van der Waals surface area (Å²) in [4.78, 5) is 31.0. The van der Waals surface area contributed by atoms with Crippen molar-refractivity contribution < 1.29 is 14.7 Å². The molecule has 0 saturated heterocycles. The van der Waals surface area contributed by atoms with Crippen LogP contribution >= 0.6 is 11.8 Å². The number of hydrogen-bond donors (Lipinski definition) is 2. The number of nitrogens with zero attached hydrogens (tertiary/aromatic N) is 2. The Morgan fingerprint density at radius 1 is 1.12 bits per heavy atom. The molecule has 1 amide bonds. The molecule has 3 aromatic rings. The van der Waals surface area contributed by atoms with Gasteiger partial charge in [-0.25, -0.2) is 4.79 Å². The van der Waals surface area contributed by atoms with Crippen molar-refractivity contribution >= 4 is 41.5 Å². The van der Waals surface area contributed by atoms with Gasteiger partial charge in [0.2, 0.25) is 0 Å². The van der Waals surface area contributed by atoms with Crippen molar-refractivity contribution in [3.8, 4) is 11.1 Å². The van der Waals surface area contributed by atoms with Crippen LogP contribution in [-0.2, 0) is 4.79 Å². The normalized spacial score (nSPS) is 11.9. The maximum Gasteiger partial charge on any atom is 0.326 e. The summed E-state index contributed by atoms with van der Waals surface area (Å²) >= 11 is 1.55. The Morgan fingerprint density at radius 2 is 1.88 bits per heavy atom. The van der Waals surface area contributed by atoms with Crippen LogP contribution in [0.4, 0.5) is 5.69 Å². The number of amides is 1. The molecule has 1 aromatic heterocycles. The Morgan fingerprint density at radius 3 is 2.56 bits per heavy atom. The number of hydrogen-bond acceptors (Lipinski definition) is 5. The molecule has 0 aliphatic carbocycles. The smallest absolute Gasteiger partial charge is 0.326 e. The van der Waals surface area contributed by atoms with Crippen LogP contribution in [-0.4, -0.2) is 54.1 Å². The first-order valence-corrected chi connectivity index (χ1v) is 12.3. The van der Waals surface area contributed by atoms with E-state index in [4.69, 9.17) is 0 Å². The summed E-state index contributed by atoms with van der Waals surface area (Å²) in [6, 6.07) is 16.2. The lowest BCUT2D eigenvalue weighted by molar-refractivity contribution is -0.139. The number of carbonyl (C=O) groups excluding carboxylic acids is 1. The number of rotatable bonds is 10. The molecule has 1 atom stereocenters. The average Bonchev–Trinajstić information content (AvgIpc) is 2.85. The second kappa shape index (κ2) is 12.0. The van der Waals surface area contributed by atoms with Gasteiger partial charge in [0.25, 0.3) is 5.91 Å². The summed E-state index contributed by atoms with van der Waals surface area (Å²) in [5.41, 5.74) is 5.02. The van der Waals surface area contributed by atoms with Gasteiger partial charge in [0, 0.05) is 43.3 Å². The molecular formula is C27H29N3O3S. The zero-order valence-electron chi connectivity index (χ0n) is 19.6. The van der Waals surface area contributed by atoms with Crippen LogP contribution in [0, 0.1) is 0 Å². The Balaban J connectivity index is 1.96. The third-order valence-electron chi connectivity index (χ3n) is 5.35. The second-order valence-electron chi connectivity index (χ2n) is 7.98. The molecule has 1 heterocycles. The predicted molar refractivity (Wildman–Crippen MR) is 141 cm³/mol. The van der Waals surface area contributed by atoms with Crippen LogP contribution in [0.15, 0.2) is 67.0 Å². The maximum atomic E-state index is 13.1. The van der Waals surface area contributed by atoms with Gasteiger partial charge >= 0.3 is 5.97 Å². The van der Waals surface area contributed by atoms with E-state index in [1.54, 1.807) is 24.0 Å². The lowest BCUT2D eigenvalue weighted by Gasteiger charge is -2.17. The minimum Gasteiger partial charge on any atom is -0.480 e. The van der Waals surface area contributed by atoms with E-state index >= 15 is 0 Å². The van der Waals surface area contributed by atoms with Gasteiger partial charge < -0.3 is 15.3 Å². The average molecular weight is 476 g/mol. The number of anilines is 1. The molecule has 6 nitrogen and oxygen atoms in total. The third kappa shape index (κ3) is 6.48. The fourth-order valence-corrected chi connectivity index (χ4v) is 4.04. The first-order chi connectivity index (χ1) is 16.4. The molecule has 34 heavy (non-hydrogen) atoms. The van der Waals surface area contributed by atoms with Crippen LogP contribution in [0.5, 0.6) is 0 Å². The van der Waals surface area contributed by atoms with Crippen LogP contribution in [0.25, 0.3) is 23.3 Å². The summed E-state index contributed by atoms with van der Waals surface area (Å²) in [6.07, 6.45) is 9.83. The van der Waals surface area contributed by atoms with Gasteiger partial charge in [0.1, 0.15) is 6.04 Å². The van der Waals surface area contributed by atoms with E-state index in [0.717, 1.165) is 27.9 Å². The van der Waals surface area contributed by atoms with Crippen LogP contribution in [0.2, 0.25) is 0 Å². The highest BCUT2D eigenvalue weighted by Crippen LogP contribution is 2.27. The van der Waals surface area contributed by atoms with Crippen molar-refractivity contribution in [2.45, 2.75) is 12.5 Å². The Hall–Kier alpha value is -3.58. The van der Waals surface area contributed by atoms with Gasteiger partial charge in [0.05, 0.1) is 0 Å². The fourth-order valence-electron chi connectivity index (χ4n) is 3.57. The Bertz CT molecular complexity index is 1160. The molecule has 2 aromatic carbocycles. The number of carboxylic acids is 1. The second-order valence-corrected chi connectivity index (χ2v) is 8.96. The van der Waals surface area contributed by atoms with Gasteiger partial charge in [0.15, 0.2) is 0 Å². The summed E-state index contributed by atoms with van der Waals surface area (Å²) in [6.45, 7) is 0. The molecule has 3 rings (SSSR count). The Kier molecular flexibility index (Phi) is 8.87. The molecule has 7 heteroatoms. The largest absolute Gasteiger partial charge is 0.480 e. The SMILES string of the molecule is CSCC[C@H](NC(=O)c1ccc(C=Cc2cnccc2N(C)C)cc1-c1ccccc1)C(=O)O. The van der Waals surface area contributed by atoms with E-state index < -0.39 is 17.9 Å². The van der Waals surface area contributed by atoms with E-state index in [1.807, 2.05) is 92.1 Å². The van der Waals surface area contributed by atoms with Gasteiger partial charge in [-0.15, -0.1) is 0 Å². The zero-order chi connectivity index (χ0) is 24.5. The summed E-state index contributed by atoms with van der Waals surface area (Å²) in [7, 11) is 3.97. The van der Waals surface area contributed by atoms with Crippen LogP contribution in [0.1, 0.15) is 27.9 Å². The highest BCUT2D eigenvalue weighted by Gasteiger charge is 2.22. The van der Waals surface area contributed by atoms with E-state index in [1.165, 1.54) is 0 Å². The first kappa shape index (κ1) is 25.1. The van der Waals surface area contributed by atoms with E-state index in [9.17, 15) is 14.7 Å². The molecule has 0 aliphatic heterocycles. The molecule has 0 bridgehead atoms. The van der Waals surface area contributed by atoms with Gasteiger partial charge in [-0.05, 0) is 53.3 Å². The lowest BCUT2D eigenvalue weighted by Crippen LogP contribution is -2.41. The predicted octanol–water partition coefficient (Wildman–Crippen LogP) is 4.92. The van der Waals surface area contributed by atoms with Crippen molar-refractivity contribution in [3.05, 3.63) is 83.7 Å². The molecule has 0 saturated carbocycles.